The summed E-state index contributed by atoms with van der Waals surface area (Å²) in [4.78, 5) is 27.0. The summed E-state index contributed by atoms with van der Waals surface area (Å²) in [5, 5.41) is 2.37. The Hall–Kier alpha value is -2.17. The van der Waals surface area contributed by atoms with Crippen LogP contribution in [0.2, 0.25) is 0 Å². The van der Waals surface area contributed by atoms with E-state index in [0.29, 0.717) is 0 Å². The molecule has 13 nitrogen and oxygen atoms in total. The number of ether oxygens (including phenoxy) is 8. The van der Waals surface area contributed by atoms with Gasteiger partial charge in [0.15, 0.2) is 39.6 Å². The van der Waals surface area contributed by atoms with Gasteiger partial charge in [-0.05, 0) is 60.6 Å². The molecule has 4 aliphatic rings. The predicted molar refractivity (Wildman–Crippen MR) is 139 cm³/mol. The Kier molecular flexibility index (Phi) is 7.78. The Morgan fingerprint density at radius 1 is 0.902 bits per heavy atom. The third-order valence-electron chi connectivity index (χ3n) is 7.07. The molecule has 4 heterocycles. The molecule has 4 fully saturated rings. The zero-order valence-corrected chi connectivity index (χ0v) is 24.9. The molecule has 41 heavy (non-hydrogen) atoms. The van der Waals surface area contributed by atoms with Gasteiger partial charge in [-0.25, -0.2) is 13.2 Å². The van der Waals surface area contributed by atoms with Gasteiger partial charge in [0.25, 0.3) is 5.91 Å². The highest BCUT2D eigenvalue weighted by atomic mass is 32.2. The van der Waals surface area contributed by atoms with E-state index in [0.717, 1.165) is 5.56 Å². The van der Waals surface area contributed by atoms with Gasteiger partial charge in [-0.1, -0.05) is 17.7 Å². The number of rotatable bonds is 7. The van der Waals surface area contributed by atoms with Crippen molar-refractivity contribution in [2.45, 2.75) is 114 Å². The highest BCUT2D eigenvalue weighted by molar-refractivity contribution is 7.91. The first-order valence-electron chi connectivity index (χ1n) is 13.4. The number of fused-ring (bicyclic) bond motifs is 3. The molecule has 5 rings (SSSR count). The highest BCUT2D eigenvalue weighted by Gasteiger charge is 2.63. The summed E-state index contributed by atoms with van der Waals surface area (Å²) in [7, 11) is -3.88. The maximum absolute atomic E-state index is 13.6. The lowest BCUT2D eigenvalue weighted by Gasteiger charge is -2.36. The van der Waals surface area contributed by atoms with Gasteiger partial charge in [0.05, 0.1) is 11.5 Å². The van der Waals surface area contributed by atoms with Crippen molar-refractivity contribution in [3.8, 4) is 0 Å². The first-order valence-corrected chi connectivity index (χ1v) is 15.1. The van der Waals surface area contributed by atoms with Crippen molar-refractivity contribution in [2.24, 2.45) is 0 Å². The molecule has 7 atom stereocenters. The van der Waals surface area contributed by atoms with Gasteiger partial charge in [-0.2, -0.15) is 0 Å². The monoisotopic (exact) mass is 599 g/mol. The molecule has 1 aromatic rings. The lowest BCUT2D eigenvalue weighted by molar-refractivity contribution is -0.243. The molecule has 14 heteroatoms. The summed E-state index contributed by atoms with van der Waals surface area (Å²) >= 11 is 0. The SMILES string of the molecule is Cc1ccc(S(=O)(=O)CNC(=O)C(OC(=O)[C@H]2O[C@@H]3OC(C)(C)O[C@@H]3[C@H]3OC(C)(C)O[C@H]32)[C@@H]2COC(C)(C)O2)cc1. The standard InChI is InChI=1S/C27H37NO12S/c1-14-8-10-15(11-9-14)41(31,32)13-28-22(29)17(16-12-33-25(2,3)36-16)34-23(30)20-18-19(38-26(4,5)37-18)21-24(35-20)40-27(6,7)39-21/h8-11,16-21,24H,12-13H2,1-7H3,(H,28,29)/t16-,17?,18+,19-,20-,21+,24+/m0/s1. The van der Waals surface area contributed by atoms with Crippen LogP contribution in [-0.4, -0.2) is 93.1 Å². The molecular formula is C27H37NO12S. The number of carbonyl (C=O) groups excluding carboxylic acids is 2. The average Bonchev–Trinajstić information content (AvgIpc) is 3.50. The Morgan fingerprint density at radius 3 is 2.15 bits per heavy atom. The Labute approximate surface area is 238 Å². The fourth-order valence-electron chi connectivity index (χ4n) is 5.25. The van der Waals surface area contributed by atoms with E-state index >= 15 is 0 Å². The van der Waals surface area contributed by atoms with E-state index in [1.807, 2.05) is 6.92 Å². The van der Waals surface area contributed by atoms with Crippen molar-refractivity contribution in [3.05, 3.63) is 29.8 Å². The average molecular weight is 600 g/mol. The van der Waals surface area contributed by atoms with Crippen molar-refractivity contribution in [2.75, 3.05) is 12.5 Å². The molecule has 0 aliphatic carbocycles. The maximum Gasteiger partial charge on any atom is 0.339 e. The molecule has 4 aliphatic heterocycles. The highest BCUT2D eigenvalue weighted by Crippen LogP contribution is 2.44. The molecule has 0 aromatic heterocycles. The first kappa shape index (κ1) is 30.3. The minimum atomic E-state index is -3.88. The van der Waals surface area contributed by atoms with Crippen LogP contribution in [0.5, 0.6) is 0 Å². The number of nitrogens with one attached hydrogen (secondary N) is 1. The normalized spacial score (nSPS) is 33.9. The van der Waals surface area contributed by atoms with Gasteiger partial charge in [0.2, 0.25) is 6.10 Å². The molecule has 228 valence electrons. The van der Waals surface area contributed by atoms with Crippen LogP contribution in [0, 0.1) is 6.92 Å². The second-order valence-corrected chi connectivity index (χ2v) is 13.9. The predicted octanol–water partition coefficient (Wildman–Crippen LogP) is 1.30. The van der Waals surface area contributed by atoms with Crippen LogP contribution in [0.4, 0.5) is 0 Å². The van der Waals surface area contributed by atoms with Crippen LogP contribution >= 0.6 is 0 Å². The minimum absolute atomic E-state index is 0.0393. The molecule has 0 bridgehead atoms. The Morgan fingerprint density at radius 2 is 1.51 bits per heavy atom. The molecule has 0 saturated carbocycles. The molecular weight excluding hydrogens is 562 g/mol. The maximum atomic E-state index is 13.6. The second-order valence-electron chi connectivity index (χ2n) is 11.9. The van der Waals surface area contributed by atoms with Gasteiger partial charge >= 0.3 is 5.97 Å². The van der Waals surface area contributed by atoms with Crippen LogP contribution in [0.15, 0.2) is 29.2 Å². The van der Waals surface area contributed by atoms with E-state index in [4.69, 9.17) is 37.9 Å². The van der Waals surface area contributed by atoms with Gasteiger partial charge in [-0.15, -0.1) is 0 Å². The van der Waals surface area contributed by atoms with Gasteiger partial charge in [0.1, 0.15) is 30.3 Å². The van der Waals surface area contributed by atoms with Gasteiger partial charge < -0.3 is 43.2 Å². The summed E-state index contributed by atoms with van der Waals surface area (Å²) in [5.74, 6) is -5.66. The molecule has 0 spiro atoms. The number of benzene rings is 1. The number of amides is 1. The van der Waals surface area contributed by atoms with Crippen LogP contribution in [-0.2, 0) is 57.3 Å². The Balaban J connectivity index is 1.34. The molecule has 1 amide bonds. The van der Waals surface area contributed by atoms with Crippen LogP contribution in [0.1, 0.15) is 47.1 Å². The van der Waals surface area contributed by atoms with Crippen LogP contribution < -0.4 is 5.32 Å². The number of esters is 1. The molecule has 1 aromatic carbocycles. The molecule has 0 radical (unpaired) electrons. The number of sulfone groups is 1. The summed E-state index contributed by atoms with van der Waals surface area (Å²) in [6.45, 7) is 11.8. The van der Waals surface area contributed by atoms with Crippen molar-refractivity contribution in [1.82, 2.24) is 5.32 Å². The third kappa shape index (κ3) is 6.44. The Bertz CT molecular complexity index is 1280. The van der Waals surface area contributed by atoms with Gasteiger partial charge in [-0.3, -0.25) is 4.79 Å². The fraction of sp³-hybridized carbons (Fsp3) is 0.704. The quantitative estimate of drug-likeness (QED) is 0.449. The number of hydrogen-bond acceptors (Lipinski definition) is 12. The van der Waals surface area contributed by atoms with Gasteiger partial charge in [0, 0.05) is 0 Å². The van der Waals surface area contributed by atoms with E-state index < -0.39 is 87.9 Å². The first-order chi connectivity index (χ1) is 19.0. The van der Waals surface area contributed by atoms with Crippen molar-refractivity contribution >= 4 is 21.7 Å². The lowest BCUT2D eigenvalue weighted by Crippen LogP contribution is -2.59. The molecule has 4 saturated heterocycles. The molecule has 1 unspecified atom stereocenters. The van der Waals surface area contributed by atoms with E-state index in [9.17, 15) is 18.0 Å². The zero-order valence-electron chi connectivity index (χ0n) is 24.1. The van der Waals surface area contributed by atoms with Crippen molar-refractivity contribution in [3.63, 3.8) is 0 Å². The van der Waals surface area contributed by atoms with E-state index in [1.165, 1.54) is 12.1 Å². The van der Waals surface area contributed by atoms with Crippen LogP contribution in [0.25, 0.3) is 0 Å². The smallest absolute Gasteiger partial charge is 0.339 e. The zero-order chi connectivity index (χ0) is 30.0. The van der Waals surface area contributed by atoms with E-state index in [1.54, 1.807) is 53.7 Å². The largest absolute Gasteiger partial charge is 0.447 e. The molecule has 1 N–H and O–H groups in total. The van der Waals surface area contributed by atoms with E-state index in [-0.39, 0.29) is 11.5 Å². The topological polar surface area (TPSA) is 154 Å². The van der Waals surface area contributed by atoms with Crippen molar-refractivity contribution < 1.29 is 55.9 Å². The number of carbonyl (C=O) groups is 2. The number of hydrogen-bond donors (Lipinski definition) is 1. The lowest BCUT2D eigenvalue weighted by atomic mass is 9.99. The number of aryl methyl sites for hydroxylation is 1. The van der Waals surface area contributed by atoms with Crippen molar-refractivity contribution in [1.29, 1.82) is 0 Å². The summed E-state index contributed by atoms with van der Waals surface area (Å²) in [6.07, 6.45) is -7.21. The summed E-state index contributed by atoms with van der Waals surface area (Å²) in [5.41, 5.74) is 0.887. The van der Waals surface area contributed by atoms with Crippen LogP contribution in [0.3, 0.4) is 0 Å². The summed E-state index contributed by atoms with van der Waals surface area (Å²) in [6, 6.07) is 6.22. The second kappa shape index (κ2) is 10.5. The minimum Gasteiger partial charge on any atom is -0.447 e. The summed E-state index contributed by atoms with van der Waals surface area (Å²) < 4.78 is 72.6. The van der Waals surface area contributed by atoms with E-state index in [2.05, 4.69) is 5.32 Å². The third-order valence-corrected chi connectivity index (χ3v) is 8.59. The fourth-order valence-corrected chi connectivity index (χ4v) is 6.30.